The van der Waals surface area contributed by atoms with Gasteiger partial charge in [-0.1, -0.05) is 0 Å². The summed E-state index contributed by atoms with van der Waals surface area (Å²) in [6.07, 6.45) is 0.881. The number of nitrogens with zero attached hydrogens (tertiary/aromatic N) is 2. The van der Waals surface area contributed by atoms with Crippen LogP contribution in [0.4, 0.5) is 0 Å². The maximum absolute atomic E-state index is 12.2. The highest BCUT2D eigenvalue weighted by Gasteiger charge is 2.33. The predicted octanol–water partition coefficient (Wildman–Crippen LogP) is -1.34. The summed E-state index contributed by atoms with van der Waals surface area (Å²) in [5.41, 5.74) is 0. The molecule has 2 N–H and O–H groups in total. The highest BCUT2D eigenvalue weighted by atomic mass is 16.4. The maximum Gasteiger partial charge on any atom is 0.306 e. The summed E-state index contributed by atoms with van der Waals surface area (Å²) in [6, 6.07) is -0.525. The second-order valence-electron chi connectivity index (χ2n) is 5.49. The number of likely N-dealkylation sites (tertiary alicyclic amines) is 1. The number of piperazine rings is 1. The van der Waals surface area contributed by atoms with E-state index in [-0.39, 0.29) is 19.0 Å². The van der Waals surface area contributed by atoms with Gasteiger partial charge in [-0.3, -0.25) is 29.4 Å². The minimum absolute atomic E-state index is 0.00192. The summed E-state index contributed by atoms with van der Waals surface area (Å²) in [4.78, 5) is 49.1. The van der Waals surface area contributed by atoms with E-state index < -0.39 is 29.7 Å². The SMILES string of the molecule is CC1C(=O)NC(=O)CN1CC(=O)N1CCC(C(=O)O)CC1. The molecular weight excluding hydrogens is 278 g/mol. The Labute approximate surface area is 122 Å². The van der Waals surface area contributed by atoms with Gasteiger partial charge in [0.15, 0.2) is 0 Å². The summed E-state index contributed by atoms with van der Waals surface area (Å²) < 4.78 is 0. The van der Waals surface area contributed by atoms with E-state index in [1.165, 1.54) is 4.90 Å². The molecule has 8 heteroatoms. The molecule has 2 rings (SSSR count). The van der Waals surface area contributed by atoms with Gasteiger partial charge in [0.25, 0.3) is 0 Å². The molecule has 2 fully saturated rings. The van der Waals surface area contributed by atoms with Crippen LogP contribution in [0.2, 0.25) is 0 Å². The van der Waals surface area contributed by atoms with E-state index in [1.807, 2.05) is 0 Å². The fraction of sp³-hybridized carbons (Fsp3) is 0.692. The van der Waals surface area contributed by atoms with Crippen LogP contribution in [0.15, 0.2) is 0 Å². The first kappa shape index (κ1) is 15.4. The van der Waals surface area contributed by atoms with Gasteiger partial charge in [0.2, 0.25) is 17.7 Å². The summed E-state index contributed by atoms with van der Waals surface area (Å²) >= 11 is 0. The molecule has 0 aliphatic carbocycles. The molecule has 2 saturated heterocycles. The number of rotatable bonds is 3. The molecule has 2 heterocycles. The number of carboxylic acid groups (broad SMARTS) is 1. The summed E-state index contributed by atoms with van der Waals surface area (Å²) in [6.45, 7) is 2.46. The third-order valence-corrected chi connectivity index (χ3v) is 4.07. The standard InChI is InChI=1S/C13H19N3O5/c1-8-12(19)14-10(17)6-16(8)7-11(18)15-4-2-9(3-5-15)13(20)21/h8-9H,2-7H2,1H3,(H,20,21)(H,14,17,19). The molecule has 0 radical (unpaired) electrons. The minimum Gasteiger partial charge on any atom is -0.481 e. The second kappa shape index (κ2) is 6.21. The Morgan fingerprint density at radius 1 is 1.29 bits per heavy atom. The Morgan fingerprint density at radius 3 is 2.48 bits per heavy atom. The first-order chi connectivity index (χ1) is 9.88. The third-order valence-electron chi connectivity index (χ3n) is 4.07. The van der Waals surface area contributed by atoms with Gasteiger partial charge in [0.1, 0.15) is 0 Å². The summed E-state index contributed by atoms with van der Waals surface area (Å²) in [5, 5.41) is 11.1. The molecule has 1 atom stereocenters. The van der Waals surface area contributed by atoms with Crippen molar-refractivity contribution in [3.8, 4) is 0 Å². The number of carbonyl (C=O) groups is 4. The Bertz CT molecular complexity index is 470. The average Bonchev–Trinajstić information content (AvgIpc) is 2.44. The van der Waals surface area contributed by atoms with Gasteiger partial charge in [-0.05, 0) is 19.8 Å². The minimum atomic E-state index is -0.825. The van der Waals surface area contributed by atoms with Crippen LogP contribution in [0.5, 0.6) is 0 Å². The fourth-order valence-corrected chi connectivity index (χ4v) is 2.61. The average molecular weight is 297 g/mol. The smallest absolute Gasteiger partial charge is 0.306 e. The maximum atomic E-state index is 12.2. The van der Waals surface area contributed by atoms with Crippen molar-refractivity contribution < 1.29 is 24.3 Å². The first-order valence-electron chi connectivity index (χ1n) is 6.97. The molecule has 0 bridgehead atoms. The van der Waals surface area contributed by atoms with Crippen molar-refractivity contribution in [1.29, 1.82) is 0 Å². The van der Waals surface area contributed by atoms with Crippen LogP contribution >= 0.6 is 0 Å². The van der Waals surface area contributed by atoms with E-state index >= 15 is 0 Å². The lowest BCUT2D eigenvalue weighted by Gasteiger charge is -2.35. The molecule has 116 valence electrons. The molecular formula is C13H19N3O5. The Hall–Kier alpha value is -1.96. The van der Waals surface area contributed by atoms with E-state index in [9.17, 15) is 19.2 Å². The van der Waals surface area contributed by atoms with E-state index in [0.29, 0.717) is 25.9 Å². The van der Waals surface area contributed by atoms with Crippen molar-refractivity contribution in [2.75, 3.05) is 26.2 Å². The van der Waals surface area contributed by atoms with E-state index in [4.69, 9.17) is 5.11 Å². The quantitative estimate of drug-likeness (QED) is 0.624. The molecule has 21 heavy (non-hydrogen) atoms. The van der Waals surface area contributed by atoms with Crippen molar-refractivity contribution in [3.05, 3.63) is 0 Å². The van der Waals surface area contributed by atoms with Crippen LogP contribution in [-0.2, 0) is 19.2 Å². The molecule has 8 nitrogen and oxygen atoms in total. The van der Waals surface area contributed by atoms with Crippen molar-refractivity contribution in [3.63, 3.8) is 0 Å². The van der Waals surface area contributed by atoms with Crippen LogP contribution in [-0.4, -0.2) is 70.8 Å². The number of imide groups is 1. The molecule has 1 unspecified atom stereocenters. The number of hydrogen-bond acceptors (Lipinski definition) is 5. The van der Waals surface area contributed by atoms with Crippen molar-refractivity contribution >= 4 is 23.7 Å². The Balaban J connectivity index is 1.88. The second-order valence-corrected chi connectivity index (χ2v) is 5.49. The topological polar surface area (TPSA) is 107 Å². The van der Waals surface area contributed by atoms with Crippen LogP contribution in [0.3, 0.4) is 0 Å². The number of aliphatic carboxylic acids is 1. The fourth-order valence-electron chi connectivity index (χ4n) is 2.61. The number of piperidine rings is 1. The largest absolute Gasteiger partial charge is 0.481 e. The zero-order chi connectivity index (χ0) is 15.6. The monoisotopic (exact) mass is 297 g/mol. The number of hydrogen-bond donors (Lipinski definition) is 2. The van der Waals surface area contributed by atoms with Gasteiger partial charge in [0, 0.05) is 13.1 Å². The highest BCUT2D eigenvalue weighted by Crippen LogP contribution is 2.17. The molecule has 0 aromatic heterocycles. The Morgan fingerprint density at radius 2 is 1.90 bits per heavy atom. The molecule has 0 spiro atoms. The molecule has 2 aliphatic heterocycles. The van der Waals surface area contributed by atoms with Crippen molar-refractivity contribution in [2.45, 2.75) is 25.8 Å². The normalized spacial score (nSPS) is 24.8. The van der Waals surface area contributed by atoms with E-state index in [0.717, 1.165) is 0 Å². The number of nitrogens with one attached hydrogen (secondary N) is 1. The first-order valence-corrected chi connectivity index (χ1v) is 6.97. The zero-order valence-electron chi connectivity index (χ0n) is 11.9. The predicted molar refractivity (Wildman–Crippen MR) is 71.1 cm³/mol. The summed E-state index contributed by atoms with van der Waals surface area (Å²) in [5.74, 6) is -2.20. The molecule has 0 aromatic rings. The van der Waals surface area contributed by atoms with Crippen molar-refractivity contribution in [1.82, 2.24) is 15.1 Å². The summed E-state index contributed by atoms with van der Waals surface area (Å²) in [7, 11) is 0. The van der Waals surface area contributed by atoms with Gasteiger partial charge < -0.3 is 10.0 Å². The van der Waals surface area contributed by atoms with Gasteiger partial charge in [0.05, 0.1) is 25.0 Å². The lowest BCUT2D eigenvalue weighted by molar-refractivity contribution is -0.147. The number of amides is 3. The highest BCUT2D eigenvalue weighted by molar-refractivity contribution is 6.01. The molecule has 2 aliphatic rings. The van der Waals surface area contributed by atoms with Crippen LogP contribution < -0.4 is 5.32 Å². The van der Waals surface area contributed by atoms with E-state index in [1.54, 1.807) is 11.8 Å². The zero-order valence-corrected chi connectivity index (χ0v) is 11.9. The van der Waals surface area contributed by atoms with Crippen LogP contribution in [0.1, 0.15) is 19.8 Å². The van der Waals surface area contributed by atoms with Gasteiger partial charge >= 0.3 is 5.97 Å². The van der Waals surface area contributed by atoms with Gasteiger partial charge in [-0.25, -0.2) is 0 Å². The van der Waals surface area contributed by atoms with Gasteiger partial charge in [-0.2, -0.15) is 0 Å². The number of carboxylic acids is 1. The van der Waals surface area contributed by atoms with Crippen LogP contribution in [0.25, 0.3) is 0 Å². The van der Waals surface area contributed by atoms with Crippen LogP contribution in [0, 0.1) is 5.92 Å². The third kappa shape index (κ3) is 3.57. The molecule has 0 aromatic carbocycles. The van der Waals surface area contributed by atoms with E-state index in [2.05, 4.69) is 5.32 Å². The lowest BCUT2D eigenvalue weighted by Crippen LogP contribution is -2.59. The molecule has 3 amide bonds. The van der Waals surface area contributed by atoms with Crippen molar-refractivity contribution in [2.24, 2.45) is 5.92 Å². The lowest BCUT2D eigenvalue weighted by atomic mass is 9.97. The molecule has 0 saturated carbocycles. The number of carbonyl (C=O) groups excluding carboxylic acids is 3. The van der Waals surface area contributed by atoms with Gasteiger partial charge in [-0.15, -0.1) is 0 Å². The Kier molecular flexibility index (Phi) is 4.56.